The lowest BCUT2D eigenvalue weighted by Crippen LogP contribution is -1.60. The molecule has 0 aromatic heterocycles. The van der Waals surface area contributed by atoms with Crippen molar-refractivity contribution in [1.82, 2.24) is 0 Å². The van der Waals surface area contributed by atoms with Gasteiger partial charge in [0.1, 0.15) is 0 Å². The molecule has 0 aliphatic rings. The van der Waals surface area contributed by atoms with E-state index in [4.69, 9.17) is 0 Å². The van der Waals surface area contributed by atoms with Gasteiger partial charge in [0, 0.05) is 0 Å². The number of hydrogen-bond donors (Lipinski definition) is 0. The van der Waals surface area contributed by atoms with Crippen LogP contribution in [0.2, 0.25) is 0 Å². The maximum Gasteiger partial charge on any atom is -0.0140 e. The van der Waals surface area contributed by atoms with Crippen LogP contribution in [0, 0.1) is 0 Å². The Hall–Kier alpha value is -0.430. The average Bonchev–Trinajstić information content (AvgIpc) is 1.98. The Kier molecular flexibility index (Phi) is 6.40. The highest BCUT2D eigenvalue weighted by molar-refractivity contribution is 8.02. The van der Waals surface area contributed by atoms with Gasteiger partial charge >= 0.3 is 0 Å². The van der Waals surface area contributed by atoms with Gasteiger partial charge in [0.2, 0.25) is 0 Å². The molecule has 0 saturated heterocycles. The van der Waals surface area contributed by atoms with E-state index in [2.05, 4.69) is 19.3 Å². The van der Waals surface area contributed by atoms with Crippen molar-refractivity contribution in [1.29, 1.82) is 0 Å². The summed E-state index contributed by atoms with van der Waals surface area (Å²) in [6, 6.07) is 0. The monoisotopic (exact) mass is 154 g/mol. The zero-order valence-electron chi connectivity index (χ0n) is 6.79. The van der Waals surface area contributed by atoms with Crippen molar-refractivity contribution in [3.8, 4) is 0 Å². The van der Waals surface area contributed by atoms with E-state index in [0.717, 1.165) is 0 Å². The summed E-state index contributed by atoms with van der Waals surface area (Å²) in [5.74, 6) is 0. The number of thioether (sulfide) groups is 1. The molecule has 56 valence electrons. The number of hydrogen-bond acceptors (Lipinski definition) is 1. The summed E-state index contributed by atoms with van der Waals surface area (Å²) >= 11 is 1.77. The highest BCUT2D eigenvalue weighted by Gasteiger charge is 1.76. The summed E-state index contributed by atoms with van der Waals surface area (Å²) in [5.41, 5.74) is 0. The molecule has 0 aliphatic heterocycles. The lowest BCUT2D eigenvalue weighted by atomic mass is 10.4. The molecule has 0 heterocycles. The molecule has 0 aliphatic carbocycles. The fourth-order valence-electron chi connectivity index (χ4n) is 0.434. The minimum Gasteiger partial charge on any atom is -0.134 e. The largest absolute Gasteiger partial charge is 0.134 e. The zero-order valence-corrected chi connectivity index (χ0v) is 7.61. The van der Waals surface area contributed by atoms with Gasteiger partial charge < -0.3 is 0 Å². The van der Waals surface area contributed by atoms with E-state index >= 15 is 0 Å². The van der Waals surface area contributed by atoms with Crippen molar-refractivity contribution in [3.63, 3.8) is 0 Å². The molecule has 0 atom stereocenters. The summed E-state index contributed by atoms with van der Waals surface area (Å²) in [5, 5.41) is 0. The molecule has 0 bridgehead atoms. The molecule has 0 amide bonds. The maximum atomic E-state index is 2.10. The van der Waals surface area contributed by atoms with Gasteiger partial charge in [-0.15, -0.1) is 11.8 Å². The molecule has 0 rings (SSSR count). The molecule has 1 heteroatoms. The van der Waals surface area contributed by atoms with Crippen LogP contribution in [0.4, 0.5) is 0 Å². The lowest BCUT2D eigenvalue weighted by Gasteiger charge is -1.87. The molecule has 0 fully saturated rings. The molecule has 0 spiro atoms. The molecule has 0 aromatic carbocycles. The molecule has 0 aromatic rings. The molecule has 0 saturated carbocycles. The first-order chi connectivity index (χ1) is 4.81. The fourth-order valence-corrected chi connectivity index (χ4v) is 0.649. The van der Waals surface area contributed by atoms with Crippen molar-refractivity contribution >= 4 is 11.8 Å². The van der Waals surface area contributed by atoms with Crippen molar-refractivity contribution in [2.24, 2.45) is 0 Å². The Morgan fingerprint density at radius 2 is 1.90 bits per heavy atom. The van der Waals surface area contributed by atoms with Gasteiger partial charge in [0.25, 0.3) is 0 Å². The molecule has 0 unspecified atom stereocenters. The first-order valence-electron chi connectivity index (χ1n) is 3.31. The summed E-state index contributed by atoms with van der Waals surface area (Å²) in [6.45, 7) is 4.11. The first kappa shape index (κ1) is 9.57. The Morgan fingerprint density at radius 1 is 1.20 bits per heavy atom. The minimum atomic E-state index is 1.33. The second-order valence-electron chi connectivity index (χ2n) is 1.89. The zero-order chi connectivity index (χ0) is 7.82. The van der Waals surface area contributed by atoms with Crippen molar-refractivity contribution in [3.05, 3.63) is 35.3 Å². The van der Waals surface area contributed by atoms with Crippen molar-refractivity contribution < 1.29 is 0 Å². The summed E-state index contributed by atoms with van der Waals surface area (Å²) in [6.07, 6.45) is 12.3. The Balaban J connectivity index is 3.70. The van der Waals surface area contributed by atoms with E-state index in [-0.39, 0.29) is 0 Å². The lowest BCUT2D eigenvalue weighted by molar-refractivity contribution is 1.66. The summed E-state index contributed by atoms with van der Waals surface area (Å²) < 4.78 is 0. The van der Waals surface area contributed by atoms with Crippen LogP contribution in [-0.2, 0) is 0 Å². The minimum absolute atomic E-state index is 1.33. The van der Waals surface area contributed by atoms with E-state index in [1.54, 1.807) is 11.8 Å². The van der Waals surface area contributed by atoms with Crippen LogP contribution in [0.15, 0.2) is 35.3 Å². The highest BCUT2D eigenvalue weighted by Crippen LogP contribution is 2.08. The topological polar surface area (TPSA) is 0 Å². The van der Waals surface area contributed by atoms with Crippen LogP contribution in [0.25, 0.3) is 0 Å². The highest BCUT2D eigenvalue weighted by atomic mass is 32.2. The third kappa shape index (κ3) is 5.70. The molecule has 0 nitrogen and oxygen atoms in total. The summed E-state index contributed by atoms with van der Waals surface area (Å²) in [7, 11) is 0. The van der Waals surface area contributed by atoms with Crippen LogP contribution in [0.1, 0.15) is 13.8 Å². The molecule has 0 radical (unpaired) electrons. The van der Waals surface area contributed by atoms with Gasteiger partial charge in [-0.05, 0) is 25.0 Å². The predicted octanol–water partition coefficient (Wildman–Crippen LogP) is 3.39. The van der Waals surface area contributed by atoms with E-state index < -0.39 is 0 Å². The van der Waals surface area contributed by atoms with Gasteiger partial charge in [0.15, 0.2) is 0 Å². The molecule has 10 heavy (non-hydrogen) atoms. The van der Waals surface area contributed by atoms with Gasteiger partial charge in [-0.3, -0.25) is 0 Å². The standard InChI is InChI=1S/C9H14S/c1-4-5-6-7-8-9(2)10-3/h4-8H,1-3H3/b5-4-,7-6-,9-8+. The quantitative estimate of drug-likeness (QED) is 0.561. The third-order valence-corrected chi connectivity index (χ3v) is 1.85. The first-order valence-corrected chi connectivity index (χ1v) is 4.54. The Morgan fingerprint density at radius 3 is 2.40 bits per heavy atom. The van der Waals surface area contributed by atoms with Crippen molar-refractivity contribution in [2.45, 2.75) is 13.8 Å². The maximum absolute atomic E-state index is 2.10. The smallest absolute Gasteiger partial charge is 0.0140 e. The predicted molar refractivity (Wildman–Crippen MR) is 51.2 cm³/mol. The molecular weight excluding hydrogens is 140 g/mol. The number of allylic oxidation sites excluding steroid dienone is 6. The average molecular weight is 154 g/mol. The SMILES string of the molecule is C\C=C/C=C\C=C(/C)SC. The Labute approximate surface area is 67.7 Å². The van der Waals surface area contributed by atoms with Crippen LogP contribution in [-0.4, -0.2) is 6.26 Å². The second-order valence-corrected chi connectivity index (χ2v) is 2.94. The van der Waals surface area contributed by atoms with Crippen LogP contribution >= 0.6 is 11.8 Å². The second kappa shape index (κ2) is 6.69. The van der Waals surface area contributed by atoms with Gasteiger partial charge in [-0.2, -0.15) is 0 Å². The molecule has 0 N–H and O–H groups in total. The normalized spacial score (nSPS) is 13.7. The van der Waals surface area contributed by atoms with Crippen LogP contribution in [0.3, 0.4) is 0 Å². The van der Waals surface area contributed by atoms with E-state index in [1.807, 2.05) is 31.2 Å². The number of rotatable bonds is 3. The fraction of sp³-hybridized carbons (Fsp3) is 0.333. The van der Waals surface area contributed by atoms with Crippen LogP contribution < -0.4 is 0 Å². The van der Waals surface area contributed by atoms with Gasteiger partial charge in [-0.25, -0.2) is 0 Å². The Bertz CT molecular complexity index is 152. The van der Waals surface area contributed by atoms with E-state index in [0.29, 0.717) is 0 Å². The van der Waals surface area contributed by atoms with E-state index in [9.17, 15) is 0 Å². The summed E-state index contributed by atoms with van der Waals surface area (Å²) in [4.78, 5) is 1.33. The van der Waals surface area contributed by atoms with E-state index in [1.165, 1.54) is 4.91 Å². The van der Waals surface area contributed by atoms with Crippen LogP contribution in [0.5, 0.6) is 0 Å². The third-order valence-electron chi connectivity index (χ3n) is 1.07. The van der Waals surface area contributed by atoms with Gasteiger partial charge in [0.05, 0.1) is 0 Å². The van der Waals surface area contributed by atoms with Crippen molar-refractivity contribution in [2.75, 3.05) is 6.26 Å². The molecular formula is C9H14S. The van der Waals surface area contributed by atoms with Gasteiger partial charge in [-0.1, -0.05) is 30.4 Å².